The number of hydrogen-bond acceptors (Lipinski definition) is 8. The van der Waals surface area contributed by atoms with Crippen molar-refractivity contribution in [1.29, 1.82) is 0 Å². The molecule has 9 nitrogen and oxygen atoms in total. The van der Waals surface area contributed by atoms with Crippen molar-refractivity contribution in [2.75, 3.05) is 33.3 Å². The van der Waals surface area contributed by atoms with E-state index in [1.165, 1.54) is 0 Å². The van der Waals surface area contributed by atoms with Crippen molar-refractivity contribution in [1.82, 2.24) is 30.6 Å². The number of likely N-dealkylation sites (N-methyl/N-ethyl adjacent to an activating group) is 1. The fourth-order valence-electron chi connectivity index (χ4n) is 4.65. The molecule has 34 heavy (non-hydrogen) atoms. The maximum atomic E-state index is 11.7. The number of rotatable bonds is 7. The van der Waals surface area contributed by atoms with Gasteiger partial charge in [0, 0.05) is 68.2 Å². The number of aliphatic hydroxyl groups excluding tert-OH is 1. The minimum Gasteiger partial charge on any atom is -0.439 e. The Balaban J connectivity index is 1.21. The Hall–Kier alpha value is -3.11. The number of nitrogens with one attached hydrogen (secondary N) is 2. The lowest BCUT2D eigenvalue weighted by Crippen LogP contribution is -2.37. The van der Waals surface area contributed by atoms with Crippen LogP contribution in [0.1, 0.15) is 30.0 Å². The van der Waals surface area contributed by atoms with E-state index in [2.05, 4.69) is 38.8 Å². The van der Waals surface area contributed by atoms with Crippen molar-refractivity contribution in [3.05, 3.63) is 59.9 Å². The predicted octanol–water partition coefficient (Wildman–Crippen LogP) is 1.99. The minimum absolute atomic E-state index is 0.199. The molecule has 0 radical (unpaired) electrons. The summed E-state index contributed by atoms with van der Waals surface area (Å²) in [6.45, 7) is 2.62. The number of ether oxygens (including phenoxy) is 1. The van der Waals surface area contributed by atoms with E-state index < -0.39 is 6.61 Å². The normalized spacial score (nSPS) is 20.4. The molecule has 0 spiro atoms. The predicted molar refractivity (Wildman–Crippen MR) is 128 cm³/mol. The van der Waals surface area contributed by atoms with Crippen molar-refractivity contribution < 1.29 is 14.6 Å². The first-order chi connectivity index (χ1) is 16.6. The van der Waals surface area contributed by atoms with Crippen LogP contribution in [0.5, 0.6) is 11.6 Å². The Kier molecular flexibility index (Phi) is 6.68. The highest BCUT2D eigenvalue weighted by Crippen LogP contribution is 2.26. The summed E-state index contributed by atoms with van der Waals surface area (Å²) in [7, 11) is 2.07. The van der Waals surface area contributed by atoms with E-state index in [0.29, 0.717) is 24.7 Å². The molecule has 3 N–H and O–H groups in total. The summed E-state index contributed by atoms with van der Waals surface area (Å²) < 4.78 is 5.96. The molecule has 0 bridgehead atoms. The number of amides is 1. The van der Waals surface area contributed by atoms with Crippen LogP contribution in [0.2, 0.25) is 0 Å². The average Bonchev–Trinajstić information content (AvgIpc) is 3.57. The van der Waals surface area contributed by atoms with Gasteiger partial charge in [0.25, 0.3) is 0 Å². The van der Waals surface area contributed by atoms with Gasteiger partial charge in [0.15, 0.2) is 0 Å². The second-order valence-electron chi connectivity index (χ2n) is 9.00. The van der Waals surface area contributed by atoms with Crippen LogP contribution in [0.4, 0.5) is 0 Å². The molecule has 0 saturated carbocycles. The molecule has 2 saturated heterocycles. The summed E-state index contributed by atoms with van der Waals surface area (Å²) in [6.07, 6.45) is 5.70. The van der Waals surface area contributed by atoms with E-state index in [1.54, 1.807) is 4.90 Å². The third kappa shape index (κ3) is 5.02. The Morgan fingerprint density at radius 3 is 2.88 bits per heavy atom. The number of likely N-dealkylation sites (tertiary alicyclic amines) is 1. The number of carbonyl (C=O) groups is 1. The lowest BCUT2D eigenvalue weighted by molar-refractivity contribution is -0.133. The summed E-state index contributed by atoms with van der Waals surface area (Å²) in [6, 6.07) is 12.5. The Bertz CT molecular complexity index is 1150. The smallest absolute Gasteiger partial charge is 0.248 e. The van der Waals surface area contributed by atoms with Crippen LogP contribution in [-0.4, -0.2) is 70.1 Å². The van der Waals surface area contributed by atoms with Crippen LogP contribution >= 0.6 is 0 Å². The highest BCUT2D eigenvalue weighted by Gasteiger charge is 2.28. The number of fused-ring (bicyclic) bond motifs is 1. The molecule has 5 rings (SSSR count). The third-order valence-electron chi connectivity index (χ3n) is 6.64. The molecule has 2 aliphatic heterocycles. The zero-order chi connectivity index (χ0) is 23.5. The highest BCUT2D eigenvalue weighted by atomic mass is 16.5. The molecule has 2 aromatic heterocycles. The summed E-state index contributed by atoms with van der Waals surface area (Å²) in [5, 5.41) is 10.1. The Morgan fingerprint density at radius 1 is 1.21 bits per heavy atom. The molecule has 1 unspecified atom stereocenters. The van der Waals surface area contributed by atoms with Gasteiger partial charge < -0.3 is 14.7 Å². The largest absolute Gasteiger partial charge is 0.439 e. The molecular formula is C25H30N6O3. The summed E-state index contributed by atoms with van der Waals surface area (Å²) >= 11 is 0. The van der Waals surface area contributed by atoms with E-state index >= 15 is 0 Å². The van der Waals surface area contributed by atoms with Gasteiger partial charge in [-0.2, -0.15) is 0 Å². The molecule has 2 aliphatic rings. The maximum absolute atomic E-state index is 11.7. The van der Waals surface area contributed by atoms with Crippen LogP contribution in [0.25, 0.3) is 10.9 Å². The van der Waals surface area contributed by atoms with Crippen LogP contribution in [-0.2, 0) is 11.3 Å². The van der Waals surface area contributed by atoms with Gasteiger partial charge in [0.1, 0.15) is 12.4 Å². The molecule has 2 fully saturated rings. The van der Waals surface area contributed by atoms with Gasteiger partial charge in [-0.05, 0) is 49.2 Å². The second-order valence-corrected chi connectivity index (χ2v) is 9.00. The number of hydrogen-bond donors (Lipinski definition) is 3. The van der Waals surface area contributed by atoms with E-state index in [9.17, 15) is 4.79 Å². The van der Waals surface area contributed by atoms with Gasteiger partial charge in [-0.25, -0.2) is 4.98 Å². The van der Waals surface area contributed by atoms with E-state index in [4.69, 9.17) is 9.84 Å². The van der Waals surface area contributed by atoms with E-state index in [-0.39, 0.29) is 18.0 Å². The molecule has 178 valence electrons. The van der Waals surface area contributed by atoms with Gasteiger partial charge in [0.05, 0.1) is 5.52 Å². The van der Waals surface area contributed by atoms with Gasteiger partial charge in [0.2, 0.25) is 11.8 Å². The zero-order valence-electron chi connectivity index (χ0n) is 19.3. The maximum Gasteiger partial charge on any atom is 0.248 e. The quantitative estimate of drug-likeness (QED) is 0.490. The SMILES string of the molecule is CN(Cc1cnc2cc(Oc3ccc(C4CCNN4)cn3)ccc2c1)[C@@H]1CCN(C(=O)CO)C1. The van der Waals surface area contributed by atoms with Gasteiger partial charge in [-0.3, -0.25) is 25.5 Å². The van der Waals surface area contributed by atoms with Crippen LogP contribution in [0.15, 0.2) is 48.8 Å². The Morgan fingerprint density at radius 2 is 2.12 bits per heavy atom. The number of nitrogens with zero attached hydrogens (tertiary/aromatic N) is 4. The molecule has 0 aliphatic carbocycles. The standard InChI is InChI=1S/C25H30N6O3/c1-30(20-7-9-31(15-20)25(33)16-32)14-17-10-18-2-4-21(11-23(18)26-12-17)34-24-5-3-19(13-27-24)22-6-8-28-29-22/h2-5,10-13,20,22,28-29,32H,6-9,14-16H2,1H3/t20-,22?/m1/s1. The van der Waals surface area contributed by atoms with Crippen LogP contribution in [0.3, 0.4) is 0 Å². The minimum atomic E-state index is -0.423. The van der Waals surface area contributed by atoms with Crippen molar-refractivity contribution in [2.24, 2.45) is 0 Å². The first kappa shape index (κ1) is 22.7. The van der Waals surface area contributed by atoms with Gasteiger partial charge in [-0.1, -0.05) is 6.07 Å². The number of aliphatic hydroxyl groups is 1. The number of aromatic nitrogens is 2. The molecule has 1 amide bonds. The van der Waals surface area contributed by atoms with Gasteiger partial charge in [-0.15, -0.1) is 0 Å². The summed E-state index contributed by atoms with van der Waals surface area (Å²) in [5.74, 6) is 1.05. The number of benzene rings is 1. The molecule has 4 heterocycles. The molecule has 9 heteroatoms. The second kappa shape index (κ2) is 10.0. The average molecular weight is 463 g/mol. The molecular weight excluding hydrogens is 432 g/mol. The highest BCUT2D eigenvalue weighted by molar-refractivity contribution is 5.80. The van der Waals surface area contributed by atoms with Crippen LogP contribution in [0, 0.1) is 0 Å². The van der Waals surface area contributed by atoms with E-state index in [0.717, 1.165) is 48.0 Å². The van der Waals surface area contributed by atoms with Crippen molar-refractivity contribution in [2.45, 2.75) is 31.5 Å². The first-order valence-electron chi connectivity index (χ1n) is 11.7. The zero-order valence-corrected chi connectivity index (χ0v) is 19.3. The Labute approximate surface area is 198 Å². The first-order valence-corrected chi connectivity index (χ1v) is 11.7. The summed E-state index contributed by atoms with van der Waals surface area (Å²) in [4.78, 5) is 24.8. The number of carbonyl (C=O) groups excluding carboxylic acids is 1. The third-order valence-corrected chi connectivity index (χ3v) is 6.64. The van der Waals surface area contributed by atoms with E-state index in [1.807, 2.05) is 42.7 Å². The van der Waals surface area contributed by atoms with Crippen molar-refractivity contribution in [3.63, 3.8) is 0 Å². The summed E-state index contributed by atoms with van der Waals surface area (Å²) in [5.41, 5.74) is 9.49. The number of pyridine rings is 2. The molecule has 1 aromatic carbocycles. The topological polar surface area (TPSA) is 103 Å². The van der Waals surface area contributed by atoms with Crippen molar-refractivity contribution in [3.8, 4) is 11.6 Å². The van der Waals surface area contributed by atoms with Crippen molar-refractivity contribution >= 4 is 16.8 Å². The lowest BCUT2D eigenvalue weighted by atomic mass is 10.1. The van der Waals surface area contributed by atoms with Gasteiger partial charge >= 0.3 is 0 Å². The fourth-order valence-corrected chi connectivity index (χ4v) is 4.65. The fraction of sp³-hybridized carbons (Fsp3) is 0.400. The molecule has 2 atom stereocenters. The molecule has 3 aromatic rings. The van der Waals surface area contributed by atoms with Crippen LogP contribution < -0.4 is 15.6 Å². The monoisotopic (exact) mass is 462 g/mol. The number of hydrazine groups is 1. The lowest BCUT2D eigenvalue weighted by Gasteiger charge is -2.24.